The second-order valence-corrected chi connectivity index (χ2v) is 5.84. The first-order valence-electron chi connectivity index (χ1n) is 7.32. The number of anilines is 1. The highest BCUT2D eigenvalue weighted by atomic mass is 35.5. The topological polar surface area (TPSA) is 46.9 Å². The maximum atomic E-state index is 13.4. The van der Waals surface area contributed by atoms with E-state index in [-0.39, 0.29) is 10.9 Å². The highest BCUT2D eigenvalue weighted by molar-refractivity contribution is 6.31. The number of rotatable bonds is 3. The molecule has 122 valence electrons. The number of para-hydroxylation sites is 1. The van der Waals surface area contributed by atoms with Crippen LogP contribution in [0, 0.1) is 12.7 Å². The van der Waals surface area contributed by atoms with E-state index in [1.807, 2.05) is 18.2 Å². The molecule has 1 heterocycles. The Labute approximate surface area is 143 Å². The average Bonchev–Trinajstić information content (AvgIpc) is 2.89. The summed E-state index contributed by atoms with van der Waals surface area (Å²) >= 11 is 5.87. The van der Waals surface area contributed by atoms with Crippen LogP contribution in [0.4, 0.5) is 10.1 Å². The van der Waals surface area contributed by atoms with Gasteiger partial charge < -0.3 is 5.32 Å². The third-order valence-corrected chi connectivity index (χ3v) is 3.95. The molecule has 0 spiro atoms. The summed E-state index contributed by atoms with van der Waals surface area (Å²) in [5, 5.41) is 7.10. The van der Waals surface area contributed by atoms with E-state index in [1.54, 1.807) is 37.0 Å². The minimum absolute atomic E-state index is 0.0386. The maximum Gasteiger partial charge on any atom is 0.259 e. The summed E-state index contributed by atoms with van der Waals surface area (Å²) in [5.74, 6) is -0.728. The van der Waals surface area contributed by atoms with Crippen LogP contribution in [-0.2, 0) is 7.05 Å². The van der Waals surface area contributed by atoms with Crippen LogP contribution >= 0.6 is 11.6 Å². The number of carbonyl (C=O) groups excluding carboxylic acids is 1. The lowest BCUT2D eigenvalue weighted by Crippen LogP contribution is -2.13. The van der Waals surface area contributed by atoms with Gasteiger partial charge in [0, 0.05) is 24.5 Å². The van der Waals surface area contributed by atoms with Crippen LogP contribution in [0.1, 0.15) is 16.1 Å². The fraction of sp³-hybridized carbons (Fsp3) is 0.111. The number of benzene rings is 2. The van der Waals surface area contributed by atoms with E-state index in [0.717, 1.165) is 11.1 Å². The van der Waals surface area contributed by atoms with Gasteiger partial charge in [0.15, 0.2) is 0 Å². The number of hydrogen-bond acceptors (Lipinski definition) is 2. The molecule has 0 unspecified atom stereocenters. The van der Waals surface area contributed by atoms with E-state index < -0.39 is 5.82 Å². The monoisotopic (exact) mass is 343 g/mol. The Morgan fingerprint density at radius 2 is 2.00 bits per heavy atom. The molecule has 2 aromatic carbocycles. The van der Waals surface area contributed by atoms with Crippen LogP contribution < -0.4 is 5.32 Å². The third-order valence-electron chi connectivity index (χ3n) is 3.66. The molecule has 1 N–H and O–H groups in total. The summed E-state index contributed by atoms with van der Waals surface area (Å²) in [6.07, 6.45) is 1.67. The molecule has 3 rings (SSSR count). The van der Waals surface area contributed by atoms with E-state index in [9.17, 15) is 9.18 Å². The van der Waals surface area contributed by atoms with Gasteiger partial charge in [0.05, 0.1) is 16.3 Å². The summed E-state index contributed by atoms with van der Waals surface area (Å²) in [4.78, 5) is 12.5. The molecule has 3 aromatic rings. The lowest BCUT2D eigenvalue weighted by Gasteiger charge is -2.11. The van der Waals surface area contributed by atoms with Crippen molar-refractivity contribution in [3.63, 3.8) is 0 Å². The van der Waals surface area contributed by atoms with Crippen molar-refractivity contribution < 1.29 is 9.18 Å². The number of nitrogens with zero attached hydrogens (tertiary/aromatic N) is 2. The molecule has 1 amide bonds. The van der Waals surface area contributed by atoms with Crippen LogP contribution in [0.5, 0.6) is 0 Å². The zero-order valence-corrected chi connectivity index (χ0v) is 13.9. The highest BCUT2D eigenvalue weighted by Crippen LogP contribution is 2.31. The Morgan fingerprint density at radius 3 is 2.67 bits per heavy atom. The predicted octanol–water partition coefficient (Wildman–Crippen LogP) is 4.44. The molecule has 0 aliphatic heterocycles. The molecule has 24 heavy (non-hydrogen) atoms. The molecular formula is C18H15ClFN3O. The van der Waals surface area contributed by atoms with Crippen LogP contribution in [0.2, 0.25) is 5.02 Å². The molecule has 0 bridgehead atoms. The Hall–Kier alpha value is -2.66. The van der Waals surface area contributed by atoms with Gasteiger partial charge in [0.25, 0.3) is 5.91 Å². The quantitative estimate of drug-likeness (QED) is 0.764. The van der Waals surface area contributed by atoms with Gasteiger partial charge in [-0.2, -0.15) is 5.10 Å². The summed E-state index contributed by atoms with van der Waals surface area (Å²) in [5.41, 5.74) is 3.25. The van der Waals surface area contributed by atoms with Gasteiger partial charge in [-0.05, 0) is 30.7 Å². The predicted molar refractivity (Wildman–Crippen MR) is 92.7 cm³/mol. The fourth-order valence-electron chi connectivity index (χ4n) is 2.52. The van der Waals surface area contributed by atoms with Crippen molar-refractivity contribution >= 4 is 23.2 Å². The second kappa shape index (κ2) is 6.45. The Kier molecular flexibility index (Phi) is 4.36. The number of aromatic nitrogens is 2. The normalized spacial score (nSPS) is 10.7. The summed E-state index contributed by atoms with van der Waals surface area (Å²) < 4.78 is 15.0. The summed E-state index contributed by atoms with van der Waals surface area (Å²) in [6.45, 7) is 1.78. The second-order valence-electron chi connectivity index (χ2n) is 5.43. The van der Waals surface area contributed by atoms with Gasteiger partial charge in [-0.15, -0.1) is 0 Å². The first-order chi connectivity index (χ1) is 11.5. The zero-order chi connectivity index (χ0) is 17.3. The van der Waals surface area contributed by atoms with E-state index in [1.165, 1.54) is 12.1 Å². The largest absolute Gasteiger partial charge is 0.321 e. The molecule has 4 nitrogen and oxygen atoms in total. The van der Waals surface area contributed by atoms with Gasteiger partial charge in [0.1, 0.15) is 5.82 Å². The Morgan fingerprint density at radius 1 is 1.25 bits per heavy atom. The number of aryl methyl sites for hydroxylation is 2. The van der Waals surface area contributed by atoms with Gasteiger partial charge in [-0.25, -0.2) is 4.39 Å². The third kappa shape index (κ3) is 3.16. The van der Waals surface area contributed by atoms with Gasteiger partial charge >= 0.3 is 0 Å². The molecular weight excluding hydrogens is 329 g/mol. The first-order valence-corrected chi connectivity index (χ1v) is 7.69. The molecule has 0 saturated carbocycles. The average molecular weight is 344 g/mol. The summed E-state index contributed by atoms with van der Waals surface area (Å²) in [6, 6.07) is 11.8. The molecule has 0 fully saturated rings. The number of carbonyl (C=O) groups is 1. The van der Waals surface area contributed by atoms with Gasteiger partial charge in [-0.3, -0.25) is 9.48 Å². The van der Waals surface area contributed by atoms with Crippen LogP contribution in [0.3, 0.4) is 0 Å². The Bertz CT molecular complexity index is 920. The van der Waals surface area contributed by atoms with Crippen molar-refractivity contribution in [2.45, 2.75) is 6.92 Å². The first kappa shape index (κ1) is 16.2. The van der Waals surface area contributed by atoms with Crippen molar-refractivity contribution in [2.75, 3.05) is 5.32 Å². The number of halogens is 2. The van der Waals surface area contributed by atoms with Crippen molar-refractivity contribution in [2.24, 2.45) is 7.05 Å². The number of amides is 1. The Balaban J connectivity index is 1.96. The van der Waals surface area contributed by atoms with E-state index >= 15 is 0 Å². The van der Waals surface area contributed by atoms with Crippen LogP contribution in [0.15, 0.2) is 48.7 Å². The standard InChI is InChI=1S/C18H15ClFN3O/c1-11-14(10-23(2)22-11)18(24)21-17-6-4-3-5-13(17)12-7-8-16(20)15(19)9-12/h3-10H,1-2H3,(H,21,24). The number of hydrogen-bond donors (Lipinski definition) is 1. The molecule has 0 radical (unpaired) electrons. The van der Waals surface area contributed by atoms with E-state index in [2.05, 4.69) is 10.4 Å². The van der Waals surface area contributed by atoms with Gasteiger partial charge in [0.2, 0.25) is 0 Å². The molecule has 0 atom stereocenters. The van der Waals surface area contributed by atoms with Crippen LogP contribution in [0.25, 0.3) is 11.1 Å². The minimum Gasteiger partial charge on any atom is -0.321 e. The van der Waals surface area contributed by atoms with Crippen molar-refractivity contribution in [1.29, 1.82) is 0 Å². The zero-order valence-electron chi connectivity index (χ0n) is 13.2. The highest BCUT2D eigenvalue weighted by Gasteiger charge is 2.15. The molecule has 0 aliphatic carbocycles. The summed E-state index contributed by atoms with van der Waals surface area (Å²) in [7, 11) is 1.76. The maximum absolute atomic E-state index is 13.4. The smallest absolute Gasteiger partial charge is 0.259 e. The van der Waals surface area contributed by atoms with Crippen LogP contribution in [-0.4, -0.2) is 15.7 Å². The molecule has 0 aliphatic rings. The fourth-order valence-corrected chi connectivity index (χ4v) is 2.70. The number of nitrogens with one attached hydrogen (secondary N) is 1. The van der Waals surface area contributed by atoms with Crippen molar-refractivity contribution in [3.8, 4) is 11.1 Å². The lowest BCUT2D eigenvalue weighted by atomic mass is 10.0. The van der Waals surface area contributed by atoms with E-state index in [4.69, 9.17) is 11.6 Å². The van der Waals surface area contributed by atoms with Gasteiger partial charge in [-0.1, -0.05) is 35.9 Å². The van der Waals surface area contributed by atoms with E-state index in [0.29, 0.717) is 16.9 Å². The minimum atomic E-state index is -0.479. The lowest BCUT2D eigenvalue weighted by molar-refractivity contribution is 0.102. The SMILES string of the molecule is Cc1nn(C)cc1C(=O)Nc1ccccc1-c1ccc(F)c(Cl)c1. The van der Waals surface area contributed by atoms with Crippen molar-refractivity contribution in [3.05, 3.63) is 70.8 Å². The molecule has 1 aromatic heterocycles. The molecule has 6 heteroatoms. The van der Waals surface area contributed by atoms with Crippen molar-refractivity contribution in [1.82, 2.24) is 9.78 Å². The molecule has 0 saturated heterocycles.